The Kier molecular flexibility index (Phi) is 6.19. The number of aromatic nitrogens is 1. The van der Waals surface area contributed by atoms with E-state index < -0.39 is 0 Å². The fourth-order valence-corrected chi connectivity index (χ4v) is 1.65. The van der Waals surface area contributed by atoms with Crippen molar-refractivity contribution in [3.63, 3.8) is 0 Å². The Balaban J connectivity index is 2.16. The molecule has 1 N–H and O–H groups in total. The lowest BCUT2D eigenvalue weighted by Gasteiger charge is -2.13. The first-order chi connectivity index (χ1) is 7.76. The quantitative estimate of drug-likeness (QED) is 0.680. The van der Waals surface area contributed by atoms with E-state index in [1.54, 1.807) is 0 Å². The largest absolute Gasteiger partial charge is 0.354 e. The molecule has 1 heterocycles. The van der Waals surface area contributed by atoms with Crippen LogP contribution in [0.15, 0.2) is 18.5 Å². The summed E-state index contributed by atoms with van der Waals surface area (Å²) in [5.74, 6) is 0. The van der Waals surface area contributed by atoms with Crippen LogP contribution >= 0.6 is 0 Å². The summed E-state index contributed by atoms with van der Waals surface area (Å²) in [5, 5.41) is 3.47. The van der Waals surface area contributed by atoms with Gasteiger partial charge in [0, 0.05) is 38.6 Å². The zero-order chi connectivity index (χ0) is 11.8. The highest BCUT2D eigenvalue weighted by atomic mass is 15.1. The normalized spacial score (nSPS) is 11.2. The minimum Gasteiger partial charge on any atom is -0.354 e. The number of likely N-dealkylation sites (N-methyl/N-ethyl adjacent to an activating group) is 1. The van der Waals surface area contributed by atoms with E-state index >= 15 is 0 Å². The van der Waals surface area contributed by atoms with E-state index in [9.17, 15) is 0 Å². The van der Waals surface area contributed by atoms with Crippen molar-refractivity contribution in [3.05, 3.63) is 24.0 Å². The van der Waals surface area contributed by atoms with Crippen molar-refractivity contribution in [2.45, 2.75) is 33.4 Å². The van der Waals surface area contributed by atoms with Crippen LogP contribution in [0, 0.1) is 0 Å². The topological polar surface area (TPSA) is 20.2 Å². The first-order valence-electron chi connectivity index (χ1n) is 6.30. The van der Waals surface area contributed by atoms with E-state index in [-0.39, 0.29) is 0 Å². The lowest BCUT2D eigenvalue weighted by atomic mass is 10.3. The molecule has 0 saturated carbocycles. The van der Waals surface area contributed by atoms with Gasteiger partial charge in [-0.3, -0.25) is 0 Å². The number of hydrogen-bond donors (Lipinski definition) is 1. The van der Waals surface area contributed by atoms with Gasteiger partial charge in [0.2, 0.25) is 0 Å². The Morgan fingerprint density at radius 2 is 2.19 bits per heavy atom. The third-order valence-electron chi connectivity index (χ3n) is 2.83. The monoisotopic (exact) mass is 223 g/mol. The van der Waals surface area contributed by atoms with Crippen LogP contribution in [0.3, 0.4) is 0 Å². The average Bonchev–Trinajstić information content (AvgIpc) is 2.72. The molecule has 1 aromatic rings. The summed E-state index contributed by atoms with van der Waals surface area (Å²) < 4.78 is 2.26. The second kappa shape index (κ2) is 7.47. The van der Waals surface area contributed by atoms with E-state index in [0.29, 0.717) is 0 Å². The van der Waals surface area contributed by atoms with Crippen molar-refractivity contribution < 1.29 is 0 Å². The first-order valence-corrected chi connectivity index (χ1v) is 6.30. The highest BCUT2D eigenvalue weighted by Crippen LogP contribution is 2.01. The molecule has 1 aromatic heterocycles. The number of hydrogen-bond acceptors (Lipinski definition) is 2. The van der Waals surface area contributed by atoms with Gasteiger partial charge in [-0.25, -0.2) is 0 Å². The molecule has 0 fully saturated rings. The van der Waals surface area contributed by atoms with E-state index in [1.165, 1.54) is 12.0 Å². The van der Waals surface area contributed by atoms with E-state index in [1.807, 2.05) is 0 Å². The smallest absolute Gasteiger partial charge is 0.0221 e. The SMILES string of the molecule is CCCn1ccc(CNCCN(C)CC)c1. The summed E-state index contributed by atoms with van der Waals surface area (Å²) in [6.07, 6.45) is 5.60. The number of nitrogens with zero attached hydrogens (tertiary/aromatic N) is 2. The zero-order valence-corrected chi connectivity index (χ0v) is 10.9. The van der Waals surface area contributed by atoms with Gasteiger partial charge in [0.25, 0.3) is 0 Å². The molecule has 0 atom stereocenters. The molecule has 1 rings (SSSR count). The fourth-order valence-electron chi connectivity index (χ4n) is 1.65. The van der Waals surface area contributed by atoms with Crippen LogP contribution in [0.5, 0.6) is 0 Å². The minimum absolute atomic E-state index is 0.980. The summed E-state index contributed by atoms with van der Waals surface area (Å²) in [6, 6.07) is 2.20. The lowest BCUT2D eigenvalue weighted by molar-refractivity contribution is 0.349. The van der Waals surface area contributed by atoms with Gasteiger partial charge in [0.15, 0.2) is 0 Å². The maximum absolute atomic E-state index is 3.47. The number of nitrogens with one attached hydrogen (secondary N) is 1. The van der Waals surface area contributed by atoms with Crippen LogP contribution in [0.25, 0.3) is 0 Å². The molecule has 0 radical (unpaired) electrons. The summed E-state index contributed by atoms with van der Waals surface area (Å²) in [4.78, 5) is 2.31. The van der Waals surface area contributed by atoms with Crippen LogP contribution in [0.2, 0.25) is 0 Å². The van der Waals surface area contributed by atoms with Crippen molar-refractivity contribution in [1.29, 1.82) is 0 Å². The zero-order valence-electron chi connectivity index (χ0n) is 10.9. The van der Waals surface area contributed by atoms with E-state index in [0.717, 1.165) is 32.7 Å². The summed E-state index contributed by atoms with van der Waals surface area (Å²) >= 11 is 0. The fraction of sp³-hybridized carbons (Fsp3) is 0.692. The predicted octanol–water partition coefficient (Wildman–Crippen LogP) is 1.94. The van der Waals surface area contributed by atoms with E-state index in [2.05, 4.69) is 54.1 Å². The molecular weight excluding hydrogens is 198 g/mol. The molecule has 0 amide bonds. The Morgan fingerprint density at radius 1 is 1.38 bits per heavy atom. The molecule has 3 heteroatoms. The maximum Gasteiger partial charge on any atom is 0.0221 e. The first kappa shape index (κ1) is 13.3. The molecule has 16 heavy (non-hydrogen) atoms. The molecule has 92 valence electrons. The van der Waals surface area contributed by atoms with Crippen molar-refractivity contribution in [2.24, 2.45) is 0 Å². The van der Waals surface area contributed by atoms with Crippen LogP contribution < -0.4 is 5.32 Å². The Hall–Kier alpha value is -0.800. The van der Waals surface area contributed by atoms with Crippen molar-refractivity contribution in [3.8, 4) is 0 Å². The minimum atomic E-state index is 0.980. The van der Waals surface area contributed by atoms with Crippen molar-refractivity contribution >= 4 is 0 Å². The van der Waals surface area contributed by atoms with Gasteiger partial charge in [-0.05, 0) is 31.6 Å². The second-order valence-corrected chi connectivity index (χ2v) is 4.33. The van der Waals surface area contributed by atoms with Gasteiger partial charge in [-0.1, -0.05) is 13.8 Å². The standard InChI is InChI=1S/C13H25N3/c1-4-8-16-9-6-13(12-16)11-14-7-10-15(3)5-2/h6,9,12,14H,4-5,7-8,10-11H2,1-3H3. The Labute approximate surface area is 99.4 Å². The highest BCUT2D eigenvalue weighted by molar-refractivity contribution is 5.09. The Bertz CT molecular complexity index is 280. The maximum atomic E-state index is 3.47. The van der Waals surface area contributed by atoms with Crippen LogP contribution in [-0.4, -0.2) is 36.1 Å². The van der Waals surface area contributed by atoms with E-state index in [4.69, 9.17) is 0 Å². The predicted molar refractivity (Wildman–Crippen MR) is 69.6 cm³/mol. The molecule has 0 spiro atoms. The second-order valence-electron chi connectivity index (χ2n) is 4.33. The Morgan fingerprint density at radius 3 is 2.88 bits per heavy atom. The molecule has 3 nitrogen and oxygen atoms in total. The summed E-state index contributed by atoms with van der Waals surface area (Å²) in [5.41, 5.74) is 1.38. The third-order valence-corrected chi connectivity index (χ3v) is 2.83. The van der Waals surface area contributed by atoms with Gasteiger partial charge < -0.3 is 14.8 Å². The third kappa shape index (κ3) is 4.81. The number of aryl methyl sites for hydroxylation is 1. The molecular formula is C13H25N3. The summed E-state index contributed by atoms with van der Waals surface area (Å²) in [6.45, 7) is 9.79. The molecule has 0 aromatic carbocycles. The van der Waals surface area contributed by atoms with Crippen molar-refractivity contribution in [2.75, 3.05) is 26.7 Å². The lowest BCUT2D eigenvalue weighted by Crippen LogP contribution is -2.28. The van der Waals surface area contributed by atoms with Gasteiger partial charge >= 0.3 is 0 Å². The average molecular weight is 223 g/mol. The van der Waals surface area contributed by atoms with Crippen molar-refractivity contribution in [1.82, 2.24) is 14.8 Å². The van der Waals surface area contributed by atoms with Crippen LogP contribution in [0.1, 0.15) is 25.8 Å². The number of rotatable bonds is 8. The van der Waals surface area contributed by atoms with Gasteiger partial charge in [-0.15, -0.1) is 0 Å². The summed E-state index contributed by atoms with van der Waals surface area (Å²) in [7, 11) is 2.15. The van der Waals surface area contributed by atoms with Gasteiger partial charge in [0.1, 0.15) is 0 Å². The molecule has 0 aliphatic heterocycles. The van der Waals surface area contributed by atoms with Gasteiger partial charge in [0.05, 0.1) is 0 Å². The van der Waals surface area contributed by atoms with Crippen LogP contribution in [0.4, 0.5) is 0 Å². The molecule has 0 aliphatic carbocycles. The van der Waals surface area contributed by atoms with Gasteiger partial charge in [-0.2, -0.15) is 0 Å². The molecule has 0 saturated heterocycles. The highest BCUT2D eigenvalue weighted by Gasteiger charge is 1.97. The molecule has 0 unspecified atom stereocenters. The van der Waals surface area contributed by atoms with Crippen LogP contribution in [-0.2, 0) is 13.1 Å². The molecule has 0 aliphatic rings. The molecule has 0 bridgehead atoms.